The Morgan fingerprint density at radius 3 is 2.32 bits per heavy atom. The van der Waals surface area contributed by atoms with Gasteiger partial charge in [-0.3, -0.25) is 9.80 Å². The van der Waals surface area contributed by atoms with Crippen molar-refractivity contribution >= 4 is 28.1 Å². The molecule has 2 aliphatic heterocycles. The van der Waals surface area contributed by atoms with E-state index in [4.69, 9.17) is 11.6 Å². The lowest BCUT2D eigenvalue weighted by Gasteiger charge is -2.38. The normalized spacial score (nSPS) is 23.0. The highest BCUT2D eigenvalue weighted by atomic mass is 35.5. The van der Waals surface area contributed by atoms with Crippen molar-refractivity contribution in [3.63, 3.8) is 0 Å². The summed E-state index contributed by atoms with van der Waals surface area (Å²) in [6, 6.07) is 19.1. The Kier molecular flexibility index (Phi) is 5.85. The maximum Gasteiger partial charge on any atom is 0.131 e. The zero-order valence-corrected chi connectivity index (χ0v) is 18.2. The highest BCUT2D eigenvalue weighted by molar-refractivity contribution is 6.30. The fourth-order valence-corrected chi connectivity index (χ4v) is 5.07. The highest BCUT2D eigenvalue weighted by Gasteiger charge is 2.37. The molecule has 31 heavy (non-hydrogen) atoms. The summed E-state index contributed by atoms with van der Waals surface area (Å²) in [4.78, 5) is 7.07. The van der Waals surface area contributed by atoms with Crippen LogP contribution in [0.1, 0.15) is 5.56 Å². The molecule has 0 bridgehead atoms. The minimum Gasteiger partial charge on any atom is -0.390 e. The van der Waals surface area contributed by atoms with Crippen molar-refractivity contribution in [1.82, 2.24) is 9.80 Å². The molecule has 0 aromatic heterocycles. The number of rotatable bonds is 4. The van der Waals surface area contributed by atoms with Gasteiger partial charge in [0.15, 0.2) is 0 Å². The van der Waals surface area contributed by atoms with E-state index in [0.717, 1.165) is 55.4 Å². The standard InChI is InChI=1S/C25H27ClFN3O/c26-19-7-5-18(6-8-19)15-28-11-13-29(14-12-28)24-16-30(17-25(24)31)23-10-9-22(27)20-3-1-2-4-21(20)23/h1-10,24-25,31H,11-17H2/t24-,25-/m1/s1. The molecule has 5 rings (SSSR count). The van der Waals surface area contributed by atoms with Gasteiger partial charge in [0.1, 0.15) is 5.82 Å². The predicted molar refractivity (Wildman–Crippen MR) is 124 cm³/mol. The summed E-state index contributed by atoms with van der Waals surface area (Å²) >= 11 is 5.99. The Morgan fingerprint density at radius 1 is 0.871 bits per heavy atom. The SMILES string of the molecule is O[C@@H]1CN(c2ccc(F)c3ccccc23)C[C@H]1N1CCN(Cc2ccc(Cl)cc2)CC1. The third-order valence-corrected chi connectivity index (χ3v) is 6.89. The van der Waals surface area contributed by atoms with E-state index in [2.05, 4.69) is 26.8 Å². The van der Waals surface area contributed by atoms with Gasteiger partial charge in [-0.25, -0.2) is 4.39 Å². The minimum atomic E-state index is -0.411. The fraction of sp³-hybridized carbons (Fsp3) is 0.360. The second-order valence-electron chi connectivity index (χ2n) is 8.59. The number of β-amino-alcohol motifs (C(OH)–C–C–N with tert-alkyl or cyclic N) is 1. The Hall–Kier alpha value is -2.18. The summed E-state index contributed by atoms with van der Waals surface area (Å²) in [7, 11) is 0. The topological polar surface area (TPSA) is 30.0 Å². The molecule has 0 saturated carbocycles. The van der Waals surface area contributed by atoms with Crippen LogP contribution in [-0.2, 0) is 6.54 Å². The summed E-state index contributed by atoms with van der Waals surface area (Å²) in [6.45, 7) is 6.09. The number of fused-ring (bicyclic) bond motifs is 1. The molecule has 2 saturated heterocycles. The molecule has 2 atom stereocenters. The lowest BCUT2D eigenvalue weighted by atomic mass is 10.1. The number of hydrogen-bond acceptors (Lipinski definition) is 4. The number of nitrogens with zero attached hydrogens (tertiary/aromatic N) is 3. The van der Waals surface area contributed by atoms with E-state index in [1.807, 2.05) is 42.5 Å². The van der Waals surface area contributed by atoms with E-state index in [-0.39, 0.29) is 11.9 Å². The molecular weight excluding hydrogens is 413 g/mol. The smallest absolute Gasteiger partial charge is 0.131 e. The molecule has 0 amide bonds. The largest absolute Gasteiger partial charge is 0.390 e. The van der Waals surface area contributed by atoms with Gasteiger partial charge in [0, 0.05) is 67.3 Å². The van der Waals surface area contributed by atoms with Crippen LogP contribution >= 0.6 is 11.6 Å². The summed E-state index contributed by atoms with van der Waals surface area (Å²) in [5, 5.41) is 13.1. The van der Waals surface area contributed by atoms with Crippen molar-refractivity contribution in [2.45, 2.75) is 18.7 Å². The predicted octanol–water partition coefficient (Wildman–Crippen LogP) is 4.00. The third kappa shape index (κ3) is 4.28. The van der Waals surface area contributed by atoms with Crippen molar-refractivity contribution in [2.24, 2.45) is 0 Å². The van der Waals surface area contributed by atoms with Crippen molar-refractivity contribution in [3.8, 4) is 0 Å². The van der Waals surface area contributed by atoms with Gasteiger partial charge in [-0.1, -0.05) is 48.0 Å². The zero-order valence-electron chi connectivity index (χ0n) is 17.4. The first-order chi connectivity index (χ1) is 15.1. The maximum absolute atomic E-state index is 14.2. The van der Waals surface area contributed by atoms with Gasteiger partial charge < -0.3 is 10.0 Å². The Labute approximate surface area is 187 Å². The number of benzene rings is 3. The summed E-state index contributed by atoms with van der Waals surface area (Å²) < 4.78 is 14.2. The Morgan fingerprint density at radius 2 is 1.58 bits per heavy atom. The molecule has 6 heteroatoms. The zero-order chi connectivity index (χ0) is 21.4. The molecule has 1 N–H and O–H groups in total. The lowest BCUT2D eigenvalue weighted by molar-refractivity contribution is 0.0424. The number of hydrogen-bond donors (Lipinski definition) is 1. The molecule has 162 valence electrons. The average molecular weight is 440 g/mol. The van der Waals surface area contributed by atoms with Crippen molar-refractivity contribution in [3.05, 3.63) is 77.1 Å². The van der Waals surface area contributed by atoms with E-state index in [1.165, 1.54) is 11.6 Å². The Bertz CT molecular complexity index is 1050. The van der Waals surface area contributed by atoms with Crippen molar-refractivity contribution in [2.75, 3.05) is 44.2 Å². The number of halogens is 2. The van der Waals surface area contributed by atoms with Crippen LogP contribution < -0.4 is 4.90 Å². The summed E-state index contributed by atoms with van der Waals surface area (Å²) in [6.07, 6.45) is -0.411. The molecule has 3 aromatic rings. The first-order valence-electron chi connectivity index (χ1n) is 10.9. The van der Waals surface area contributed by atoms with Crippen LogP contribution in [0, 0.1) is 5.82 Å². The van der Waals surface area contributed by atoms with E-state index < -0.39 is 6.10 Å². The monoisotopic (exact) mass is 439 g/mol. The van der Waals surface area contributed by atoms with Crippen LogP contribution in [-0.4, -0.2) is 66.3 Å². The van der Waals surface area contributed by atoms with E-state index in [1.54, 1.807) is 0 Å². The maximum atomic E-state index is 14.2. The van der Waals surface area contributed by atoms with Crippen LogP contribution in [0.2, 0.25) is 5.02 Å². The van der Waals surface area contributed by atoms with Crippen LogP contribution in [0.25, 0.3) is 10.8 Å². The molecule has 0 aliphatic carbocycles. The lowest BCUT2D eigenvalue weighted by Crippen LogP contribution is -2.53. The second-order valence-corrected chi connectivity index (χ2v) is 9.03. The van der Waals surface area contributed by atoms with E-state index in [0.29, 0.717) is 11.9 Å². The van der Waals surface area contributed by atoms with Crippen LogP contribution in [0.3, 0.4) is 0 Å². The van der Waals surface area contributed by atoms with Gasteiger partial charge in [-0.2, -0.15) is 0 Å². The number of anilines is 1. The van der Waals surface area contributed by atoms with Gasteiger partial charge in [0.25, 0.3) is 0 Å². The van der Waals surface area contributed by atoms with Gasteiger partial charge >= 0.3 is 0 Å². The van der Waals surface area contributed by atoms with Crippen LogP contribution in [0.5, 0.6) is 0 Å². The second kappa shape index (κ2) is 8.75. The molecule has 2 heterocycles. The fourth-order valence-electron chi connectivity index (χ4n) is 4.95. The van der Waals surface area contributed by atoms with Crippen molar-refractivity contribution in [1.29, 1.82) is 0 Å². The van der Waals surface area contributed by atoms with Crippen molar-refractivity contribution < 1.29 is 9.50 Å². The van der Waals surface area contributed by atoms with Gasteiger partial charge in [-0.15, -0.1) is 0 Å². The molecule has 3 aromatic carbocycles. The third-order valence-electron chi connectivity index (χ3n) is 6.64. The first-order valence-corrected chi connectivity index (χ1v) is 11.3. The highest BCUT2D eigenvalue weighted by Crippen LogP contribution is 2.32. The quantitative estimate of drug-likeness (QED) is 0.665. The first kappa shape index (κ1) is 20.7. The molecule has 2 aliphatic rings. The number of piperazine rings is 1. The molecular formula is C25H27ClFN3O. The summed E-state index contributed by atoms with van der Waals surface area (Å²) in [5.74, 6) is -0.201. The van der Waals surface area contributed by atoms with E-state index >= 15 is 0 Å². The molecule has 0 radical (unpaired) electrons. The van der Waals surface area contributed by atoms with E-state index in [9.17, 15) is 9.50 Å². The minimum absolute atomic E-state index is 0.0986. The molecule has 0 spiro atoms. The van der Waals surface area contributed by atoms with Crippen LogP contribution in [0.15, 0.2) is 60.7 Å². The summed E-state index contributed by atoms with van der Waals surface area (Å²) in [5.41, 5.74) is 2.27. The molecule has 0 unspecified atom stereocenters. The Balaban J connectivity index is 1.24. The van der Waals surface area contributed by atoms with Gasteiger partial charge in [0.05, 0.1) is 12.1 Å². The van der Waals surface area contributed by atoms with Crippen LogP contribution in [0.4, 0.5) is 10.1 Å². The molecule has 2 fully saturated rings. The number of aliphatic hydroxyl groups is 1. The average Bonchev–Trinajstić information content (AvgIpc) is 3.17. The molecule has 4 nitrogen and oxygen atoms in total. The van der Waals surface area contributed by atoms with Gasteiger partial charge in [0.2, 0.25) is 0 Å². The van der Waals surface area contributed by atoms with Gasteiger partial charge in [-0.05, 0) is 29.8 Å². The number of aliphatic hydroxyl groups excluding tert-OH is 1.